The molecule has 0 saturated carbocycles. The van der Waals surface area contributed by atoms with Crippen LogP contribution in [0.5, 0.6) is 0 Å². The SMILES string of the molecule is C[C@@H]1Cc2cc(-c3ccc4cnccc4c3)ccc2[C@@H](C2C(F)=CC(/C=C/C(=O)O)=CC2F)N1CC(C)(C)F. The van der Waals surface area contributed by atoms with Crippen LogP contribution < -0.4 is 0 Å². The van der Waals surface area contributed by atoms with Gasteiger partial charge in [-0.15, -0.1) is 0 Å². The fraction of sp³-hybridized carbons (Fsp3) is 0.312. The predicted octanol–water partition coefficient (Wildman–Crippen LogP) is 7.33. The Balaban J connectivity index is 1.57. The summed E-state index contributed by atoms with van der Waals surface area (Å²) in [6.45, 7) is 4.93. The van der Waals surface area contributed by atoms with Gasteiger partial charge in [-0.05, 0) is 90.8 Å². The second-order valence-electron chi connectivity index (χ2n) is 11.1. The molecule has 4 nitrogen and oxygen atoms in total. The molecule has 3 aromatic rings. The summed E-state index contributed by atoms with van der Waals surface area (Å²) in [5.41, 5.74) is 2.36. The normalized spacial score (nSPS) is 23.9. The Morgan fingerprint density at radius 2 is 1.90 bits per heavy atom. The summed E-state index contributed by atoms with van der Waals surface area (Å²) >= 11 is 0. The van der Waals surface area contributed by atoms with Gasteiger partial charge in [0.25, 0.3) is 0 Å². The molecule has 202 valence electrons. The minimum Gasteiger partial charge on any atom is -0.478 e. The Morgan fingerprint density at radius 1 is 1.15 bits per heavy atom. The molecule has 5 rings (SSSR count). The van der Waals surface area contributed by atoms with E-state index in [1.54, 1.807) is 6.20 Å². The van der Waals surface area contributed by atoms with Crippen molar-refractivity contribution in [3.05, 3.63) is 102 Å². The molecule has 1 N–H and O–H groups in total. The summed E-state index contributed by atoms with van der Waals surface area (Å²) in [6, 6.07) is 13.2. The summed E-state index contributed by atoms with van der Waals surface area (Å²) in [5, 5.41) is 11.0. The monoisotopic (exact) mass is 532 g/mol. The van der Waals surface area contributed by atoms with E-state index in [4.69, 9.17) is 5.11 Å². The second-order valence-corrected chi connectivity index (χ2v) is 11.1. The van der Waals surface area contributed by atoms with Crippen molar-refractivity contribution in [3.63, 3.8) is 0 Å². The van der Waals surface area contributed by atoms with Crippen molar-refractivity contribution in [2.45, 2.75) is 51.1 Å². The van der Waals surface area contributed by atoms with Crippen LogP contribution in [0.4, 0.5) is 13.2 Å². The molecule has 7 heteroatoms. The number of hydrogen-bond acceptors (Lipinski definition) is 3. The van der Waals surface area contributed by atoms with Crippen LogP contribution in [0, 0.1) is 5.92 Å². The Bertz CT molecular complexity index is 1500. The number of rotatable bonds is 6. The molecule has 0 saturated heterocycles. The quantitative estimate of drug-likeness (QED) is 0.338. The van der Waals surface area contributed by atoms with E-state index in [1.807, 2.05) is 48.4 Å². The molecule has 0 spiro atoms. The van der Waals surface area contributed by atoms with Crippen molar-refractivity contribution in [1.29, 1.82) is 0 Å². The third kappa shape index (κ3) is 5.69. The number of aromatic nitrogens is 1. The fourth-order valence-corrected chi connectivity index (χ4v) is 5.83. The number of aliphatic carboxylic acids is 1. The van der Waals surface area contributed by atoms with Crippen LogP contribution in [0.3, 0.4) is 0 Å². The van der Waals surface area contributed by atoms with E-state index in [2.05, 4.69) is 17.1 Å². The van der Waals surface area contributed by atoms with E-state index in [0.717, 1.165) is 39.1 Å². The minimum atomic E-state index is -1.72. The van der Waals surface area contributed by atoms with Gasteiger partial charge in [0, 0.05) is 42.5 Å². The van der Waals surface area contributed by atoms with Crippen LogP contribution in [-0.2, 0) is 11.2 Å². The first-order chi connectivity index (χ1) is 18.5. The van der Waals surface area contributed by atoms with Gasteiger partial charge < -0.3 is 5.11 Å². The summed E-state index contributed by atoms with van der Waals surface area (Å²) in [7, 11) is 0. The third-order valence-electron chi connectivity index (χ3n) is 7.51. The smallest absolute Gasteiger partial charge is 0.328 e. The lowest BCUT2D eigenvalue weighted by atomic mass is 9.76. The van der Waals surface area contributed by atoms with Crippen molar-refractivity contribution in [1.82, 2.24) is 9.88 Å². The van der Waals surface area contributed by atoms with E-state index in [1.165, 1.54) is 32.1 Å². The maximum absolute atomic E-state index is 15.7. The van der Waals surface area contributed by atoms with Crippen molar-refractivity contribution in [3.8, 4) is 11.1 Å². The van der Waals surface area contributed by atoms with Crippen molar-refractivity contribution < 1.29 is 23.1 Å². The van der Waals surface area contributed by atoms with Gasteiger partial charge in [-0.3, -0.25) is 9.88 Å². The number of nitrogens with zero attached hydrogens (tertiary/aromatic N) is 2. The maximum atomic E-state index is 15.7. The van der Waals surface area contributed by atoms with Crippen molar-refractivity contribution in [2.75, 3.05) is 6.54 Å². The lowest BCUT2D eigenvalue weighted by Crippen LogP contribution is -2.51. The first-order valence-corrected chi connectivity index (χ1v) is 13.1. The number of fused-ring (bicyclic) bond motifs is 2. The molecule has 0 amide bonds. The zero-order valence-corrected chi connectivity index (χ0v) is 22.1. The number of allylic oxidation sites excluding steroid dienone is 4. The number of hydrogen-bond donors (Lipinski definition) is 1. The molecule has 2 heterocycles. The highest BCUT2D eigenvalue weighted by Gasteiger charge is 2.45. The van der Waals surface area contributed by atoms with E-state index in [9.17, 15) is 9.18 Å². The van der Waals surface area contributed by atoms with Crippen LogP contribution in [-0.4, -0.2) is 45.4 Å². The highest BCUT2D eigenvalue weighted by molar-refractivity contribution is 5.86. The number of carbonyl (C=O) groups is 1. The van der Waals surface area contributed by atoms with Gasteiger partial charge in [0.2, 0.25) is 0 Å². The van der Waals surface area contributed by atoms with Crippen LogP contribution >= 0.6 is 0 Å². The number of alkyl halides is 2. The molecule has 2 unspecified atom stereocenters. The highest BCUT2D eigenvalue weighted by atomic mass is 19.1. The Morgan fingerprint density at radius 3 is 2.62 bits per heavy atom. The molecule has 1 aromatic heterocycles. The zero-order valence-electron chi connectivity index (χ0n) is 22.1. The van der Waals surface area contributed by atoms with Crippen LogP contribution in [0.1, 0.15) is 37.9 Å². The van der Waals surface area contributed by atoms with Gasteiger partial charge in [-0.25, -0.2) is 18.0 Å². The largest absolute Gasteiger partial charge is 0.478 e. The minimum absolute atomic E-state index is 0.0186. The lowest BCUT2D eigenvalue weighted by Gasteiger charge is -2.47. The highest BCUT2D eigenvalue weighted by Crippen LogP contribution is 2.47. The number of benzene rings is 2. The van der Waals surface area contributed by atoms with E-state index < -0.39 is 35.6 Å². The number of halogens is 3. The Labute approximate surface area is 226 Å². The standard InChI is InChI=1S/C32H31F3N2O2/c1-19-12-25-16-22(21-5-6-24-17-36-11-10-23(24)15-21)7-8-26(25)31(37(19)18-32(2,3)35)30-27(33)13-20(14-28(30)34)4-9-29(38)39/h4-11,13-17,19,27,30-31H,12,18H2,1-3H3,(H,38,39)/b9-4+/t19-,27?,30?,31+/m1/s1. The lowest BCUT2D eigenvalue weighted by molar-refractivity contribution is -0.131. The molecule has 1 aliphatic carbocycles. The van der Waals surface area contributed by atoms with E-state index in [-0.39, 0.29) is 18.2 Å². The number of carboxylic acids is 1. The molecule has 2 aliphatic rings. The molecule has 39 heavy (non-hydrogen) atoms. The van der Waals surface area contributed by atoms with Crippen molar-refractivity contribution >= 4 is 16.7 Å². The first-order valence-electron chi connectivity index (χ1n) is 13.1. The summed E-state index contributed by atoms with van der Waals surface area (Å²) in [6.07, 6.45) is 6.91. The Hall–Kier alpha value is -3.71. The van der Waals surface area contributed by atoms with Crippen molar-refractivity contribution in [2.24, 2.45) is 5.92 Å². The topological polar surface area (TPSA) is 53.4 Å². The van der Waals surface area contributed by atoms with Crippen LogP contribution in [0.15, 0.2) is 90.6 Å². The molecule has 0 radical (unpaired) electrons. The van der Waals surface area contributed by atoms with E-state index in [0.29, 0.717) is 6.42 Å². The molecular weight excluding hydrogens is 501 g/mol. The van der Waals surface area contributed by atoms with Gasteiger partial charge in [0.05, 0.1) is 5.92 Å². The molecule has 2 aromatic carbocycles. The summed E-state index contributed by atoms with van der Waals surface area (Å²) in [5.74, 6) is -3.07. The molecular formula is C32H31F3N2O2. The van der Waals surface area contributed by atoms with Crippen LogP contribution in [0.2, 0.25) is 0 Å². The number of carboxylic acid groups (broad SMARTS) is 1. The molecule has 4 atom stereocenters. The molecule has 1 aliphatic heterocycles. The third-order valence-corrected chi connectivity index (χ3v) is 7.51. The molecule has 0 bridgehead atoms. The zero-order chi connectivity index (χ0) is 27.9. The average molecular weight is 533 g/mol. The van der Waals surface area contributed by atoms with Gasteiger partial charge in [0.1, 0.15) is 17.7 Å². The first kappa shape index (κ1) is 26.9. The van der Waals surface area contributed by atoms with Crippen LogP contribution in [0.25, 0.3) is 21.9 Å². The molecule has 0 fully saturated rings. The van der Waals surface area contributed by atoms with Gasteiger partial charge in [-0.1, -0.05) is 30.3 Å². The fourth-order valence-electron chi connectivity index (χ4n) is 5.83. The van der Waals surface area contributed by atoms with Gasteiger partial charge in [-0.2, -0.15) is 0 Å². The Kier molecular flexibility index (Phi) is 7.21. The van der Waals surface area contributed by atoms with Gasteiger partial charge in [0.15, 0.2) is 0 Å². The maximum Gasteiger partial charge on any atom is 0.328 e. The summed E-state index contributed by atoms with van der Waals surface area (Å²) < 4.78 is 46.3. The second kappa shape index (κ2) is 10.5. The predicted molar refractivity (Wildman–Crippen MR) is 147 cm³/mol. The van der Waals surface area contributed by atoms with Gasteiger partial charge >= 0.3 is 5.97 Å². The number of pyridine rings is 1. The average Bonchev–Trinajstić information content (AvgIpc) is 2.87. The van der Waals surface area contributed by atoms with E-state index >= 15 is 8.78 Å². The summed E-state index contributed by atoms with van der Waals surface area (Å²) in [4.78, 5) is 16.9.